The number of carbonyl (C=O) groups is 1. The predicted molar refractivity (Wildman–Crippen MR) is 88.6 cm³/mol. The molecule has 0 aliphatic carbocycles. The van der Waals surface area contributed by atoms with Gasteiger partial charge in [-0.25, -0.2) is 4.39 Å². The average Bonchev–Trinajstić information content (AvgIpc) is 2.55. The minimum absolute atomic E-state index is 0.0399. The fourth-order valence-electron chi connectivity index (χ4n) is 2.80. The third kappa shape index (κ3) is 5.44. The maximum atomic E-state index is 13.6. The highest BCUT2D eigenvalue weighted by molar-refractivity contribution is 5.79. The van der Waals surface area contributed by atoms with Crippen molar-refractivity contribution in [3.63, 3.8) is 0 Å². The van der Waals surface area contributed by atoms with E-state index in [0.29, 0.717) is 25.2 Å². The van der Waals surface area contributed by atoms with Gasteiger partial charge in [-0.15, -0.1) is 6.58 Å². The van der Waals surface area contributed by atoms with E-state index in [4.69, 9.17) is 0 Å². The topological polar surface area (TPSA) is 43.8 Å². The number of amides is 1. The first-order chi connectivity index (χ1) is 11.1. The molecule has 0 bridgehead atoms. The molecule has 1 unspecified atom stereocenters. The lowest BCUT2D eigenvalue weighted by Gasteiger charge is -2.35. The summed E-state index contributed by atoms with van der Waals surface area (Å²) in [6, 6.07) is 6.40. The van der Waals surface area contributed by atoms with Crippen molar-refractivity contribution in [2.75, 3.05) is 32.7 Å². The summed E-state index contributed by atoms with van der Waals surface area (Å²) in [5.41, 5.74) is 0.444. The monoisotopic (exact) mass is 320 g/mol. The van der Waals surface area contributed by atoms with Gasteiger partial charge >= 0.3 is 0 Å². The highest BCUT2D eigenvalue weighted by Gasteiger charge is 2.22. The predicted octanol–water partition coefficient (Wildman–Crippen LogP) is 1.84. The van der Waals surface area contributed by atoms with Crippen molar-refractivity contribution in [1.29, 1.82) is 0 Å². The lowest BCUT2D eigenvalue weighted by atomic mass is 10.1. The summed E-state index contributed by atoms with van der Waals surface area (Å²) in [4.78, 5) is 16.2. The summed E-state index contributed by atoms with van der Waals surface area (Å²) >= 11 is 0. The molecule has 1 N–H and O–H groups in total. The Morgan fingerprint density at radius 2 is 2.00 bits per heavy atom. The fourth-order valence-corrected chi connectivity index (χ4v) is 2.80. The number of hydrogen-bond acceptors (Lipinski definition) is 3. The molecule has 1 atom stereocenters. The maximum Gasteiger partial charge on any atom is 0.227 e. The van der Waals surface area contributed by atoms with Gasteiger partial charge in [-0.1, -0.05) is 24.3 Å². The number of β-amino-alcohol motifs (C(OH)–C–C–N with tert-alkyl or cyclic N) is 1. The third-order valence-electron chi connectivity index (χ3n) is 4.20. The zero-order valence-corrected chi connectivity index (χ0v) is 13.5. The first kappa shape index (κ1) is 17.6. The van der Waals surface area contributed by atoms with Gasteiger partial charge < -0.3 is 10.0 Å². The zero-order chi connectivity index (χ0) is 16.7. The van der Waals surface area contributed by atoms with Crippen LogP contribution in [-0.2, 0) is 11.2 Å². The molecule has 1 aromatic carbocycles. The zero-order valence-electron chi connectivity index (χ0n) is 13.5. The standard InChI is InChI=1S/C18H25FN2O2/c1-2-3-7-16(22)14-20-9-11-21(12-10-20)18(23)13-15-6-4-5-8-17(15)19/h2,4-6,8,16,22H,1,3,7,9-14H2. The van der Waals surface area contributed by atoms with Crippen LogP contribution in [0.15, 0.2) is 36.9 Å². The van der Waals surface area contributed by atoms with Crippen LogP contribution in [0.25, 0.3) is 0 Å². The number of rotatable bonds is 7. The van der Waals surface area contributed by atoms with Crippen molar-refractivity contribution in [2.24, 2.45) is 0 Å². The van der Waals surface area contributed by atoms with Gasteiger partial charge in [0.2, 0.25) is 5.91 Å². The number of carbonyl (C=O) groups excluding carboxylic acids is 1. The van der Waals surface area contributed by atoms with Crippen molar-refractivity contribution < 1.29 is 14.3 Å². The molecule has 0 radical (unpaired) electrons. The Hall–Kier alpha value is -1.72. The lowest BCUT2D eigenvalue weighted by Crippen LogP contribution is -2.50. The van der Waals surface area contributed by atoms with E-state index >= 15 is 0 Å². The second kappa shape index (κ2) is 8.79. The molecule has 1 amide bonds. The number of piperazine rings is 1. The fraction of sp³-hybridized carbons (Fsp3) is 0.500. The van der Waals surface area contributed by atoms with Crippen LogP contribution < -0.4 is 0 Å². The number of nitrogens with zero attached hydrogens (tertiary/aromatic N) is 2. The molecule has 0 saturated carbocycles. The van der Waals surface area contributed by atoms with Gasteiger partial charge in [0.15, 0.2) is 0 Å². The number of benzene rings is 1. The van der Waals surface area contributed by atoms with Crippen LogP contribution >= 0.6 is 0 Å². The van der Waals surface area contributed by atoms with Crippen LogP contribution in [0.5, 0.6) is 0 Å². The van der Waals surface area contributed by atoms with Crippen LogP contribution in [0.1, 0.15) is 18.4 Å². The van der Waals surface area contributed by atoms with Crippen molar-refractivity contribution >= 4 is 5.91 Å². The van der Waals surface area contributed by atoms with Crippen molar-refractivity contribution in [3.8, 4) is 0 Å². The molecule has 4 nitrogen and oxygen atoms in total. The Balaban J connectivity index is 1.76. The van der Waals surface area contributed by atoms with E-state index in [1.807, 2.05) is 6.08 Å². The minimum atomic E-state index is -0.353. The highest BCUT2D eigenvalue weighted by Crippen LogP contribution is 2.11. The Kier molecular flexibility index (Phi) is 6.74. The summed E-state index contributed by atoms with van der Waals surface area (Å²) in [5.74, 6) is -0.369. The van der Waals surface area contributed by atoms with Gasteiger partial charge in [-0.3, -0.25) is 9.69 Å². The largest absolute Gasteiger partial charge is 0.392 e. The van der Waals surface area contributed by atoms with Gasteiger partial charge in [-0.05, 0) is 24.5 Å². The molecule has 5 heteroatoms. The van der Waals surface area contributed by atoms with Crippen molar-refractivity contribution in [3.05, 3.63) is 48.3 Å². The molecular weight excluding hydrogens is 295 g/mol. The van der Waals surface area contributed by atoms with Crippen molar-refractivity contribution in [1.82, 2.24) is 9.80 Å². The molecular formula is C18H25FN2O2. The van der Waals surface area contributed by atoms with E-state index in [0.717, 1.165) is 25.9 Å². The van der Waals surface area contributed by atoms with Crippen LogP contribution in [0.4, 0.5) is 4.39 Å². The number of halogens is 1. The summed E-state index contributed by atoms with van der Waals surface area (Å²) in [5, 5.41) is 9.92. The van der Waals surface area contributed by atoms with Crippen LogP contribution in [-0.4, -0.2) is 59.6 Å². The van der Waals surface area contributed by atoms with E-state index in [1.165, 1.54) is 6.07 Å². The Morgan fingerprint density at radius 1 is 1.30 bits per heavy atom. The summed E-state index contributed by atoms with van der Waals surface area (Å²) < 4.78 is 13.6. The smallest absolute Gasteiger partial charge is 0.227 e. The summed E-state index contributed by atoms with van der Waals surface area (Å²) in [6.07, 6.45) is 3.09. The minimum Gasteiger partial charge on any atom is -0.392 e. The van der Waals surface area contributed by atoms with E-state index in [9.17, 15) is 14.3 Å². The second-order valence-electron chi connectivity index (χ2n) is 5.97. The molecule has 1 aliphatic rings. The van der Waals surface area contributed by atoms with Gasteiger partial charge in [0.1, 0.15) is 5.82 Å². The van der Waals surface area contributed by atoms with E-state index in [2.05, 4.69) is 11.5 Å². The number of hydrogen-bond donors (Lipinski definition) is 1. The van der Waals surface area contributed by atoms with Crippen LogP contribution in [0.3, 0.4) is 0 Å². The van der Waals surface area contributed by atoms with E-state index in [-0.39, 0.29) is 24.2 Å². The first-order valence-electron chi connectivity index (χ1n) is 8.12. The van der Waals surface area contributed by atoms with Crippen molar-refractivity contribution in [2.45, 2.75) is 25.4 Å². The molecule has 1 saturated heterocycles. The number of aliphatic hydroxyl groups excluding tert-OH is 1. The van der Waals surface area contributed by atoms with Crippen LogP contribution in [0.2, 0.25) is 0 Å². The lowest BCUT2D eigenvalue weighted by molar-refractivity contribution is -0.132. The normalized spacial score (nSPS) is 17.0. The Labute approximate surface area is 137 Å². The molecule has 1 aromatic rings. The van der Waals surface area contributed by atoms with Crippen LogP contribution in [0, 0.1) is 5.82 Å². The molecule has 0 spiro atoms. The molecule has 23 heavy (non-hydrogen) atoms. The Bertz CT molecular complexity index is 528. The highest BCUT2D eigenvalue weighted by atomic mass is 19.1. The third-order valence-corrected chi connectivity index (χ3v) is 4.20. The Morgan fingerprint density at radius 3 is 2.65 bits per heavy atom. The number of allylic oxidation sites excluding steroid dienone is 1. The van der Waals surface area contributed by atoms with E-state index < -0.39 is 0 Å². The maximum absolute atomic E-state index is 13.6. The second-order valence-corrected chi connectivity index (χ2v) is 5.97. The van der Waals surface area contributed by atoms with Gasteiger partial charge in [-0.2, -0.15) is 0 Å². The summed E-state index contributed by atoms with van der Waals surface area (Å²) in [7, 11) is 0. The summed E-state index contributed by atoms with van der Waals surface area (Å²) in [6.45, 7) is 7.02. The molecule has 1 heterocycles. The molecule has 0 aromatic heterocycles. The van der Waals surface area contributed by atoms with E-state index in [1.54, 1.807) is 23.1 Å². The molecule has 1 aliphatic heterocycles. The van der Waals surface area contributed by atoms with Gasteiger partial charge in [0.25, 0.3) is 0 Å². The molecule has 126 valence electrons. The molecule has 2 rings (SSSR count). The van der Waals surface area contributed by atoms with Gasteiger partial charge in [0.05, 0.1) is 12.5 Å². The number of aliphatic hydroxyl groups is 1. The first-order valence-corrected chi connectivity index (χ1v) is 8.12. The quantitative estimate of drug-likeness (QED) is 0.780. The average molecular weight is 320 g/mol. The van der Waals surface area contributed by atoms with Gasteiger partial charge in [0, 0.05) is 32.7 Å². The SMILES string of the molecule is C=CCCC(O)CN1CCN(C(=O)Cc2ccccc2F)CC1. The molecule has 1 fully saturated rings.